The molecule has 0 radical (unpaired) electrons. The van der Waals surface area contributed by atoms with E-state index in [1.165, 1.54) is 10.4 Å². The Kier molecular flexibility index (Phi) is 2.50. The van der Waals surface area contributed by atoms with Gasteiger partial charge in [-0.15, -0.1) is 11.3 Å². The Hall–Kier alpha value is -1.58. The van der Waals surface area contributed by atoms with Crippen molar-refractivity contribution in [2.75, 3.05) is 0 Å². The van der Waals surface area contributed by atoms with Gasteiger partial charge < -0.3 is 10.2 Å². The molecule has 86 valence electrons. The quantitative estimate of drug-likeness (QED) is 0.740. The van der Waals surface area contributed by atoms with Crippen LogP contribution in [0.1, 0.15) is 10.4 Å². The Morgan fingerprint density at radius 3 is 2.94 bits per heavy atom. The van der Waals surface area contributed by atoms with E-state index >= 15 is 0 Å². The highest BCUT2D eigenvalue weighted by atomic mass is 32.1. The molecule has 3 heteroatoms. The number of hydrogen-bond donors (Lipinski definition) is 1. The average Bonchev–Trinajstić information content (AvgIpc) is 2.94. The summed E-state index contributed by atoms with van der Waals surface area (Å²) < 4.78 is 5.94. The number of benzene rings is 1. The average molecular weight is 243 g/mol. The van der Waals surface area contributed by atoms with Gasteiger partial charge in [0.05, 0.1) is 0 Å². The summed E-state index contributed by atoms with van der Waals surface area (Å²) in [6.07, 6.45) is 0. The molecule has 2 nitrogen and oxygen atoms in total. The third-order valence-corrected chi connectivity index (χ3v) is 3.88. The Balaban J connectivity index is 2.22. The van der Waals surface area contributed by atoms with E-state index in [2.05, 4.69) is 42.6 Å². The van der Waals surface area contributed by atoms with Gasteiger partial charge in [0, 0.05) is 22.4 Å². The number of aryl methyl sites for hydroxylation is 1. The highest BCUT2D eigenvalue weighted by Gasteiger charge is 2.11. The van der Waals surface area contributed by atoms with Gasteiger partial charge in [-0.05, 0) is 30.0 Å². The number of nitrogens with two attached hydrogens (primary N) is 1. The van der Waals surface area contributed by atoms with Crippen LogP contribution >= 0.6 is 11.3 Å². The molecule has 2 N–H and O–H groups in total. The van der Waals surface area contributed by atoms with Crippen LogP contribution in [0, 0.1) is 6.92 Å². The minimum Gasteiger partial charge on any atom is -0.456 e. The predicted octanol–water partition coefficient (Wildman–Crippen LogP) is 3.93. The van der Waals surface area contributed by atoms with Crippen molar-refractivity contribution in [1.82, 2.24) is 0 Å². The summed E-state index contributed by atoms with van der Waals surface area (Å²) in [5.41, 5.74) is 8.98. The molecule has 0 aliphatic carbocycles. The molecule has 0 fully saturated rings. The molecule has 0 aliphatic rings. The van der Waals surface area contributed by atoms with Crippen LogP contribution in [0.25, 0.3) is 22.3 Å². The van der Waals surface area contributed by atoms with Crippen LogP contribution in [0.2, 0.25) is 0 Å². The minimum atomic E-state index is 0.559. The summed E-state index contributed by atoms with van der Waals surface area (Å²) in [6, 6.07) is 10.3. The number of para-hydroxylation sites is 1. The van der Waals surface area contributed by atoms with E-state index in [1.807, 2.05) is 0 Å². The second kappa shape index (κ2) is 4.02. The van der Waals surface area contributed by atoms with Crippen LogP contribution in [-0.4, -0.2) is 0 Å². The number of fused-ring (bicyclic) bond motifs is 1. The molecule has 3 rings (SSSR count). The van der Waals surface area contributed by atoms with Gasteiger partial charge in [0.15, 0.2) is 0 Å². The van der Waals surface area contributed by atoms with Crippen molar-refractivity contribution in [3.05, 3.63) is 46.2 Å². The lowest BCUT2D eigenvalue weighted by molar-refractivity contribution is 0.628. The first kappa shape index (κ1) is 10.6. The van der Waals surface area contributed by atoms with Gasteiger partial charge in [0.2, 0.25) is 0 Å². The summed E-state index contributed by atoms with van der Waals surface area (Å²) >= 11 is 1.67. The lowest BCUT2D eigenvalue weighted by Gasteiger charge is -1.96. The molecule has 0 amide bonds. The molecule has 0 bridgehead atoms. The summed E-state index contributed by atoms with van der Waals surface area (Å²) in [4.78, 5) is 1.17. The van der Waals surface area contributed by atoms with E-state index in [9.17, 15) is 0 Å². The molecule has 0 unspecified atom stereocenters. The molecule has 0 saturated heterocycles. The van der Waals surface area contributed by atoms with Crippen LogP contribution < -0.4 is 5.73 Å². The molecule has 0 aliphatic heterocycles. The Morgan fingerprint density at radius 2 is 2.18 bits per heavy atom. The normalized spacial score (nSPS) is 11.2. The Morgan fingerprint density at radius 1 is 1.29 bits per heavy atom. The molecular weight excluding hydrogens is 230 g/mol. The van der Waals surface area contributed by atoms with Crippen LogP contribution in [0.3, 0.4) is 0 Å². The van der Waals surface area contributed by atoms with E-state index < -0.39 is 0 Å². The zero-order chi connectivity index (χ0) is 11.8. The third kappa shape index (κ3) is 1.68. The topological polar surface area (TPSA) is 39.2 Å². The van der Waals surface area contributed by atoms with Gasteiger partial charge in [0.1, 0.15) is 11.3 Å². The standard InChI is InChI=1S/C14H13NOS/c1-9-3-2-4-10-7-12(16-14(9)10)11-5-6-17-13(11)8-15/h2-7H,8,15H2,1H3. The molecule has 17 heavy (non-hydrogen) atoms. The fraction of sp³-hybridized carbons (Fsp3) is 0.143. The lowest BCUT2D eigenvalue weighted by Crippen LogP contribution is -1.93. The summed E-state index contributed by atoms with van der Waals surface area (Å²) in [5, 5.41) is 3.20. The second-order valence-electron chi connectivity index (χ2n) is 4.07. The van der Waals surface area contributed by atoms with Crippen LogP contribution in [0.5, 0.6) is 0 Å². The molecule has 3 aromatic rings. The highest BCUT2D eigenvalue weighted by Crippen LogP contribution is 2.33. The first-order valence-electron chi connectivity index (χ1n) is 5.55. The summed E-state index contributed by atoms with van der Waals surface area (Å²) in [7, 11) is 0. The number of hydrogen-bond acceptors (Lipinski definition) is 3. The third-order valence-electron chi connectivity index (χ3n) is 2.94. The molecule has 2 aromatic heterocycles. The predicted molar refractivity (Wildman–Crippen MR) is 72.2 cm³/mol. The first-order chi connectivity index (χ1) is 8.29. The van der Waals surface area contributed by atoms with E-state index in [0.29, 0.717) is 6.54 Å². The van der Waals surface area contributed by atoms with Gasteiger partial charge in [-0.25, -0.2) is 0 Å². The molecular formula is C14H13NOS. The van der Waals surface area contributed by atoms with E-state index in [0.717, 1.165) is 22.3 Å². The monoisotopic (exact) mass is 243 g/mol. The molecule has 0 saturated carbocycles. The van der Waals surface area contributed by atoms with Crippen molar-refractivity contribution in [3.8, 4) is 11.3 Å². The van der Waals surface area contributed by atoms with E-state index in [4.69, 9.17) is 10.2 Å². The van der Waals surface area contributed by atoms with Crippen molar-refractivity contribution in [3.63, 3.8) is 0 Å². The summed E-state index contributed by atoms with van der Waals surface area (Å²) in [5.74, 6) is 0.913. The van der Waals surface area contributed by atoms with Crippen molar-refractivity contribution in [2.45, 2.75) is 13.5 Å². The number of thiophene rings is 1. The molecule has 0 atom stereocenters. The zero-order valence-electron chi connectivity index (χ0n) is 9.57. The van der Waals surface area contributed by atoms with Crippen LogP contribution in [-0.2, 0) is 6.54 Å². The van der Waals surface area contributed by atoms with Gasteiger partial charge >= 0.3 is 0 Å². The van der Waals surface area contributed by atoms with Gasteiger partial charge in [0.25, 0.3) is 0 Å². The first-order valence-corrected chi connectivity index (χ1v) is 6.43. The fourth-order valence-electron chi connectivity index (χ4n) is 2.06. The highest BCUT2D eigenvalue weighted by molar-refractivity contribution is 7.10. The van der Waals surface area contributed by atoms with Crippen molar-refractivity contribution in [1.29, 1.82) is 0 Å². The number of rotatable bonds is 2. The maximum absolute atomic E-state index is 5.94. The van der Waals surface area contributed by atoms with E-state index in [-0.39, 0.29) is 0 Å². The van der Waals surface area contributed by atoms with Gasteiger partial charge in [-0.2, -0.15) is 0 Å². The zero-order valence-corrected chi connectivity index (χ0v) is 10.4. The maximum Gasteiger partial charge on any atom is 0.137 e. The SMILES string of the molecule is Cc1cccc2cc(-c3ccsc3CN)oc12. The van der Waals surface area contributed by atoms with Crippen molar-refractivity contribution >= 4 is 22.3 Å². The van der Waals surface area contributed by atoms with Crippen LogP contribution in [0.15, 0.2) is 40.1 Å². The minimum absolute atomic E-state index is 0.559. The summed E-state index contributed by atoms with van der Waals surface area (Å²) in [6.45, 7) is 2.62. The number of furan rings is 1. The Labute approximate surface area is 104 Å². The molecule has 0 spiro atoms. The van der Waals surface area contributed by atoms with Gasteiger partial charge in [-0.3, -0.25) is 0 Å². The second-order valence-corrected chi connectivity index (χ2v) is 5.07. The van der Waals surface area contributed by atoms with Crippen LogP contribution in [0.4, 0.5) is 0 Å². The molecule has 2 heterocycles. The van der Waals surface area contributed by atoms with Crippen molar-refractivity contribution in [2.24, 2.45) is 5.73 Å². The lowest BCUT2D eigenvalue weighted by atomic mass is 10.1. The largest absolute Gasteiger partial charge is 0.456 e. The fourth-order valence-corrected chi connectivity index (χ4v) is 2.82. The smallest absolute Gasteiger partial charge is 0.137 e. The maximum atomic E-state index is 5.94. The Bertz CT molecular complexity index is 666. The van der Waals surface area contributed by atoms with Crippen molar-refractivity contribution < 1.29 is 4.42 Å². The molecule has 1 aromatic carbocycles. The van der Waals surface area contributed by atoms with Gasteiger partial charge in [-0.1, -0.05) is 18.2 Å². The van der Waals surface area contributed by atoms with E-state index in [1.54, 1.807) is 11.3 Å².